The predicted octanol–water partition coefficient (Wildman–Crippen LogP) is 2.32. The van der Waals surface area contributed by atoms with E-state index in [0.29, 0.717) is 11.2 Å². The van der Waals surface area contributed by atoms with Gasteiger partial charge in [-0.2, -0.15) is 0 Å². The van der Waals surface area contributed by atoms with Crippen LogP contribution in [0.2, 0.25) is 5.28 Å². The lowest BCUT2D eigenvalue weighted by atomic mass is 10.3. The van der Waals surface area contributed by atoms with Crippen LogP contribution in [-0.4, -0.2) is 14.8 Å². The summed E-state index contributed by atoms with van der Waals surface area (Å²) in [5.41, 5.74) is 0.235. The number of nitrogens with zero attached hydrogens (tertiary/aromatic N) is 3. The molecule has 0 bridgehead atoms. The summed E-state index contributed by atoms with van der Waals surface area (Å²) in [6.07, 6.45) is 4.94. The maximum Gasteiger partial charge on any atom is 0.225 e. The highest BCUT2D eigenvalue weighted by Crippen LogP contribution is 2.49. The van der Waals surface area contributed by atoms with Gasteiger partial charge >= 0.3 is 0 Å². The summed E-state index contributed by atoms with van der Waals surface area (Å²) >= 11 is 6.03. The average molecular weight is 198 g/mol. The fourth-order valence-electron chi connectivity index (χ4n) is 1.79. The van der Waals surface area contributed by atoms with Gasteiger partial charge in [-0.15, -0.1) is 10.2 Å². The molecule has 0 radical (unpaired) electrons. The van der Waals surface area contributed by atoms with E-state index in [1.165, 1.54) is 25.7 Å². The van der Waals surface area contributed by atoms with Crippen molar-refractivity contribution in [1.82, 2.24) is 14.8 Å². The predicted molar refractivity (Wildman–Crippen MR) is 49.9 cm³/mol. The van der Waals surface area contributed by atoms with Gasteiger partial charge in [-0.25, -0.2) is 0 Å². The van der Waals surface area contributed by atoms with Gasteiger partial charge in [0.1, 0.15) is 5.82 Å². The first kappa shape index (κ1) is 7.80. The normalized spacial score (nSPS) is 24.8. The standard InChI is InChI=1S/C9H12ClN3/c1-9(4-5-9)13-7(6-2-3-6)11-12-8(13)10/h6H,2-5H2,1H3. The fourth-order valence-corrected chi connectivity index (χ4v) is 2.11. The van der Waals surface area contributed by atoms with Crippen LogP contribution >= 0.6 is 11.6 Å². The summed E-state index contributed by atoms with van der Waals surface area (Å²) in [6, 6.07) is 0. The molecule has 3 rings (SSSR count). The van der Waals surface area contributed by atoms with Crippen molar-refractivity contribution in [1.29, 1.82) is 0 Å². The molecule has 2 saturated carbocycles. The lowest BCUT2D eigenvalue weighted by Crippen LogP contribution is -2.15. The zero-order valence-corrected chi connectivity index (χ0v) is 8.38. The van der Waals surface area contributed by atoms with Crippen molar-refractivity contribution in [2.45, 2.75) is 44.1 Å². The van der Waals surface area contributed by atoms with Gasteiger partial charge in [0.2, 0.25) is 5.28 Å². The Balaban J connectivity index is 2.09. The minimum atomic E-state index is 0.235. The van der Waals surface area contributed by atoms with Crippen LogP contribution in [0.3, 0.4) is 0 Å². The van der Waals surface area contributed by atoms with Crippen molar-refractivity contribution >= 4 is 11.6 Å². The zero-order chi connectivity index (χ0) is 9.05. The Hall–Kier alpha value is -0.570. The molecule has 13 heavy (non-hydrogen) atoms. The Labute approximate surface area is 82.1 Å². The van der Waals surface area contributed by atoms with Crippen molar-refractivity contribution in [3.8, 4) is 0 Å². The van der Waals surface area contributed by atoms with Crippen molar-refractivity contribution in [3.63, 3.8) is 0 Å². The van der Waals surface area contributed by atoms with Gasteiger partial charge in [-0.1, -0.05) is 0 Å². The molecule has 2 aliphatic carbocycles. The van der Waals surface area contributed by atoms with Crippen LogP contribution in [0.5, 0.6) is 0 Å². The molecule has 0 aliphatic heterocycles. The smallest absolute Gasteiger partial charge is 0.225 e. The molecule has 3 nitrogen and oxygen atoms in total. The summed E-state index contributed by atoms with van der Waals surface area (Å²) < 4.78 is 2.15. The molecular formula is C9H12ClN3. The molecular weight excluding hydrogens is 186 g/mol. The number of hydrogen-bond donors (Lipinski definition) is 0. The molecule has 2 aliphatic rings. The van der Waals surface area contributed by atoms with E-state index in [0.717, 1.165) is 5.82 Å². The Morgan fingerprint density at radius 2 is 2.08 bits per heavy atom. The van der Waals surface area contributed by atoms with Gasteiger partial charge in [0.05, 0.1) is 0 Å². The summed E-state index contributed by atoms with van der Waals surface area (Å²) in [5.74, 6) is 1.75. The molecule has 0 N–H and O–H groups in total. The highest BCUT2D eigenvalue weighted by Gasteiger charge is 2.45. The van der Waals surface area contributed by atoms with Gasteiger partial charge in [-0.05, 0) is 44.2 Å². The highest BCUT2D eigenvalue weighted by molar-refractivity contribution is 6.28. The van der Waals surface area contributed by atoms with Crippen molar-refractivity contribution in [2.24, 2.45) is 0 Å². The Kier molecular flexibility index (Phi) is 1.36. The molecule has 70 valence electrons. The van der Waals surface area contributed by atoms with Gasteiger partial charge in [0.25, 0.3) is 0 Å². The van der Waals surface area contributed by atoms with Gasteiger partial charge in [-0.3, -0.25) is 4.57 Å². The van der Waals surface area contributed by atoms with E-state index in [9.17, 15) is 0 Å². The summed E-state index contributed by atoms with van der Waals surface area (Å²) in [5, 5.41) is 8.70. The number of rotatable bonds is 2. The third-order valence-corrected chi connectivity index (χ3v) is 3.35. The van der Waals surface area contributed by atoms with E-state index in [-0.39, 0.29) is 5.54 Å². The molecule has 0 unspecified atom stereocenters. The molecule has 0 aromatic carbocycles. The topological polar surface area (TPSA) is 30.7 Å². The van der Waals surface area contributed by atoms with Gasteiger partial charge in [0, 0.05) is 11.5 Å². The lowest BCUT2D eigenvalue weighted by Gasteiger charge is -2.13. The van der Waals surface area contributed by atoms with Crippen LogP contribution in [-0.2, 0) is 5.54 Å². The van der Waals surface area contributed by atoms with Gasteiger partial charge in [0.15, 0.2) is 0 Å². The summed E-state index contributed by atoms with van der Waals surface area (Å²) in [7, 11) is 0. The molecule has 0 amide bonds. The third kappa shape index (κ3) is 1.10. The second kappa shape index (κ2) is 2.27. The second-order valence-electron chi connectivity index (χ2n) is 4.43. The minimum Gasteiger partial charge on any atom is -0.296 e. The van der Waals surface area contributed by atoms with E-state index in [1.807, 2.05) is 0 Å². The first-order chi connectivity index (χ1) is 6.21. The molecule has 1 aromatic rings. The lowest BCUT2D eigenvalue weighted by molar-refractivity contribution is 0.507. The van der Waals surface area contributed by atoms with Crippen LogP contribution in [0.25, 0.3) is 0 Å². The Bertz CT molecular complexity index is 350. The maximum atomic E-state index is 6.03. The van der Waals surface area contributed by atoms with Crippen molar-refractivity contribution in [3.05, 3.63) is 11.1 Å². The first-order valence-corrected chi connectivity index (χ1v) is 5.20. The SMILES string of the molecule is CC1(n2c(Cl)nnc2C2CC2)CC1. The molecule has 1 heterocycles. The second-order valence-corrected chi connectivity index (χ2v) is 4.77. The van der Waals surface area contributed by atoms with Crippen LogP contribution in [0.1, 0.15) is 44.3 Å². The monoisotopic (exact) mass is 197 g/mol. The molecule has 4 heteroatoms. The Morgan fingerprint density at radius 3 is 2.62 bits per heavy atom. The molecule has 2 fully saturated rings. The highest BCUT2D eigenvalue weighted by atomic mass is 35.5. The minimum absolute atomic E-state index is 0.235. The van der Waals surface area contributed by atoms with E-state index in [2.05, 4.69) is 21.7 Å². The largest absolute Gasteiger partial charge is 0.296 e. The maximum absolute atomic E-state index is 6.03. The van der Waals surface area contributed by atoms with Crippen LogP contribution < -0.4 is 0 Å². The fraction of sp³-hybridized carbons (Fsp3) is 0.778. The van der Waals surface area contributed by atoms with Crippen molar-refractivity contribution < 1.29 is 0 Å². The molecule has 0 spiro atoms. The Morgan fingerprint density at radius 1 is 1.38 bits per heavy atom. The van der Waals surface area contributed by atoms with Crippen molar-refractivity contribution in [2.75, 3.05) is 0 Å². The average Bonchev–Trinajstić information content (AvgIpc) is 2.98. The zero-order valence-electron chi connectivity index (χ0n) is 7.63. The number of hydrogen-bond acceptors (Lipinski definition) is 2. The number of halogens is 1. The van der Waals surface area contributed by atoms with E-state index < -0.39 is 0 Å². The van der Waals surface area contributed by atoms with E-state index in [4.69, 9.17) is 11.6 Å². The number of aromatic nitrogens is 3. The van der Waals surface area contributed by atoms with Crippen LogP contribution in [0.4, 0.5) is 0 Å². The summed E-state index contributed by atoms with van der Waals surface area (Å²) in [6.45, 7) is 2.23. The van der Waals surface area contributed by atoms with Crippen LogP contribution in [0.15, 0.2) is 0 Å². The van der Waals surface area contributed by atoms with E-state index >= 15 is 0 Å². The molecule has 0 saturated heterocycles. The quantitative estimate of drug-likeness (QED) is 0.729. The molecule has 1 aromatic heterocycles. The summed E-state index contributed by atoms with van der Waals surface area (Å²) in [4.78, 5) is 0. The first-order valence-electron chi connectivity index (χ1n) is 4.82. The van der Waals surface area contributed by atoms with Gasteiger partial charge < -0.3 is 0 Å². The third-order valence-electron chi connectivity index (χ3n) is 3.10. The van der Waals surface area contributed by atoms with E-state index in [1.54, 1.807) is 0 Å². The molecule has 0 atom stereocenters. The van der Waals surface area contributed by atoms with Crippen LogP contribution in [0, 0.1) is 0 Å².